The summed E-state index contributed by atoms with van der Waals surface area (Å²) in [5, 5.41) is 3.53. The average Bonchev–Trinajstić information content (AvgIpc) is 3.15. The molecule has 0 saturated heterocycles. The molecule has 0 aliphatic heterocycles. The molecule has 4 nitrogen and oxygen atoms in total. The summed E-state index contributed by atoms with van der Waals surface area (Å²) in [7, 11) is 3.52. The normalized spacial score (nSPS) is 15.7. The van der Waals surface area contributed by atoms with E-state index in [1.54, 1.807) is 14.2 Å². The largest absolute Gasteiger partial charge is 0.385 e. The number of ether oxygens (including phenoxy) is 2. The first-order valence-corrected chi connectivity index (χ1v) is 6.77. The van der Waals surface area contributed by atoms with Crippen LogP contribution in [0.4, 0.5) is 0 Å². The third-order valence-corrected chi connectivity index (χ3v) is 3.17. The topological polar surface area (TPSA) is 33.7 Å². The molecule has 1 rings (SSSR count). The minimum absolute atomic E-state index is 0.815. The summed E-state index contributed by atoms with van der Waals surface area (Å²) in [4.78, 5) is 2.45. The predicted molar refractivity (Wildman–Crippen MR) is 70.4 cm³/mol. The summed E-state index contributed by atoms with van der Waals surface area (Å²) in [5.74, 6) is 0.968. The Labute approximate surface area is 106 Å². The number of rotatable bonds is 12. The summed E-state index contributed by atoms with van der Waals surface area (Å²) in [6.07, 6.45) is 3.95. The fourth-order valence-electron chi connectivity index (χ4n) is 1.85. The van der Waals surface area contributed by atoms with Crippen molar-refractivity contribution in [1.29, 1.82) is 0 Å². The zero-order valence-corrected chi connectivity index (χ0v) is 11.4. The summed E-state index contributed by atoms with van der Waals surface area (Å²) in [6.45, 7) is 7.19. The average molecular weight is 244 g/mol. The van der Waals surface area contributed by atoms with E-state index in [1.807, 2.05) is 0 Å². The van der Waals surface area contributed by atoms with Crippen molar-refractivity contribution in [2.45, 2.75) is 19.3 Å². The second-order valence-electron chi connectivity index (χ2n) is 4.83. The molecular formula is C13H28N2O2. The van der Waals surface area contributed by atoms with Crippen molar-refractivity contribution in [3.05, 3.63) is 0 Å². The first-order valence-electron chi connectivity index (χ1n) is 6.77. The molecule has 17 heavy (non-hydrogen) atoms. The molecule has 1 aliphatic rings. The summed E-state index contributed by atoms with van der Waals surface area (Å²) in [6, 6.07) is 0. The summed E-state index contributed by atoms with van der Waals surface area (Å²) >= 11 is 0. The number of nitrogens with one attached hydrogen (secondary N) is 1. The van der Waals surface area contributed by atoms with Crippen LogP contribution >= 0.6 is 0 Å². The van der Waals surface area contributed by atoms with Crippen molar-refractivity contribution in [3.63, 3.8) is 0 Å². The van der Waals surface area contributed by atoms with Gasteiger partial charge >= 0.3 is 0 Å². The molecule has 1 N–H and O–H groups in total. The third-order valence-electron chi connectivity index (χ3n) is 3.17. The molecule has 0 aromatic rings. The highest BCUT2D eigenvalue weighted by Crippen LogP contribution is 2.27. The standard InChI is InChI=1S/C13H28N2O2/c1-16-10-3-7-15(9-11-17-2)8-6-14-12-13-4-5-13/h13-14H,3-12H2,1-2H3. The summed E-state index contributed by atoms with van der Waals surface area (Å²) in [5.41, 5.74) is 0. The Morgan fingerprint density at radius 2 is 1.82 bits per heavy atom. The lowest BCUT2D eigenvalue weighted by molar-refractivity contribution is 0.133. The molecule has 0 amide bonds. The quantitative estimate of drug-likeness (QED) is 0.519. The maximum absolute atomic E-state index is 5.14. The molecule has 0 spiro atoms. The molecule has 0 aromatic heterocycles. The zero-order valence-electron chi connectivity index (χ0n) is 11.4. The maximum atomic E-state index is 5.14. The highest BCUT2D eigenvalue weighted by Gasteiger charge is 2.20. The monoisotopic (exact) mass is 244 g/mol. The van der Waals surface area contributed by atoms with Crippen LogP contribution in [-0.2, 0) is 9.47 Å². The second kappa shape index (κ2) is 9.83. The van der Waals surface area contributed by atoms with Gasteiger partial charge in [0.25, 0.3) is 0 Å². The Hall–Kier alpha value is -0.160. The first-order chi connectivity index (χ1) is 8.36. The molecule has 1 aliphatic carbocycles. The molecule has 0 heterocycles. The fraction of sp³-hybridized carbons (Fsp3) is 1.00. The van der Waals surface area contributed by atoms with Gasteiger partial charge in [-0.1, -0.05) is 0 Å². The molecule has 102 valence electrons. The summed E-state index contributed by atoms with van der Waals surface area (Å²) < 4.78 is 10.2. The van der Waals surface area contributed by atoms with Crippen molar-refractivity contribution in [3.8, 4) is 0 Å². The number of hydrogen-bond acceptors (Lipinski definition) is 4. The van der Waals surface area contributed by atoms with E-state index in [0.29, 0.717) is 0 Å². The smallest absolute Gasteiger partial charge is 0.0589 e. The molecule has 0 radical (unpaired) electrons. The van der Waals surface area contributed by atoms with Crippen LogP contribution in [0, 0.1) is 5.92 Å². The van der Waals surface area contributed by atoms with E-state index in [-0.39, 0.29) is 0 Å². The van der Waals surface area contributed by atoms with Crippen molar-refractivity contribution < 1.29 is 9.47 Å². The Morgan fingerprint density at radius 1 is 1.06 bits per heavy atom. The number of nitrogens with zero attached hydrogens (tertiary/aromatic N) is 1. The Morgan fingerprint density at radius 3 is 2.47 bits per heavy atom. The predicted octanol–water partition coefficient (Wildman–Crippen LogP) is 0.971. The second-order valence-corrected chi connectivity index (χ2v) is 4.83. The van der Waals surface area contributed by atoms with Gasteiger partial charge in [0.15, 0.2) is 0 Å². The van der Waals surface area contributed by atoms with Gasteiger partial charge in [-0.2, -0.15) is 0 Å². The lowest BCUT2D eigenvalue weighted by atomic mass is 10.3. The van der Waals surface area contributed by atoms with Gasteiger partial charge in [0, 0.05) is 47.0 Å². The van der Waals surface area contributed by atoms with Crippen LogP contribution in [0.2, 0.25) is 0 Å². The highest BCUT2D eigenvalue weighted by atomic mass is 16.5. The highest BCUT2D eigenvalue weighted by molar-refractivity contribution is 4.75. The van der Waals surface area contributed by atoms with Crippen LogP contribution in [0.5, 0.6) is 0 Å². The van der Waals surface area contributed by atoms with Crippen molar-refractivity contribution in [2.24, 2.45) is 5.92 Å². The van der Waals surface area contributed by atoms with Crippen molar-refractivity contribution in [2.75, 3.05) is 60.2 Å². The zero-order chi connectivity index (χ0) is 12.3. The van der Waals surface area contributed by atoms with Crippen LogP contribution in [-0.4, -0.2) is 65.1 Å². The molecule has 0 aromatic carbocycles. The van der Waals surface area contributed by atoms with Gasteiger partial charge in [-0.25, -0.2) is 0 Å². The minimum Gasteiger partial charge on any atom is -0.385 e. The van der Waals surface area contributed by atoms with E-state index in [0.717, 1.165) is 51.7 Å². The fourth-order valence-corrected chi connectivity index (χ4v) is 1.85. The van der Waals surface area contributed by atoms with E-state index < -0.39 is 0 Å². The van der Waals surface area contributed by atoms with E-state index in [9.17, 15) is 0 Å². The van der Waals surface area contributed by atoms with Crippen LogP contribution < -0.4 is 5.32 Å². The lowest BCUT2D eigenvalue weighted by Gasteiger charge is -2.22. The number of methoxy groups -OCH3 is 2. The Kier molecular flexibility index (Phi) is 8.61. The Balaban J connectivity index is 2.00. The van der Waals surface area contributed by atoms with Crippen molar-refractivity contribution >= 4 is 0 Å². The van der Waals surface area contributed by atoms with Crippen LogP contribution in [0.15, 0.2) is 0 Å². The molecule has 0 atom stereocenters. The van der Waals surface area contributed by atoms with Gasteiger partial charge in [0.05, 0.1) is 6.61 Å². The van der Waals surface area contributed by atoms with Gasteiger partial charge in [-0.3, -0.25) is 4.90 Å². The van der Waals surface area contributed by atoms with Crippen molar-refractivity contribution in [1.82, 2.24) is 10.2 Å². The molecule has 1 fully saturated rings. The Bertz CT molecular complexity index is 175. The van der Waals surface area contributed by atoms with Crippen LogP contribution in [0.25, 0.3) is 0 Å². The molecule has 4 heteroatoms. The van der Waals surface area contributed by atoms with E-state index in [4.69, 9.17) is 9.47 Å². The SMILES string of the molecule is COCCCN(CCNCC1CC1)CCOC. The van der Waals surface area contributed by atoms with Gasteiger partial charge in [-0.15, -0.1) is 0 Å². The van der Waals surface area contributed by atoms with Gasteiger partial charge in [-0.05, 0) is 31.7 Å². The molecular weight excluding hydrogens is 216 g/mol. The van der Waals surface area contributed by atoms with E-state index in [1.165, 1.54) is 19.4 Å². The first kappa shape index (κ1) is 14.9. The van der Waals surface area contributed by atoms with Gasteiger partial charge in [0.1, 0.15) is 0 Å². The molecule has 0 bridgehead atoms. The van der Waals surface area contributed by atoms with E-state index in [2.05, 4.69) is 10.2 Å². The van der Waals surface area contributed by atoms with Gasteiger partial charge < -0.3 is 14.8 Å². The number of hydrogen-bond donors (Lipinski definition) is 1. The third kappa shape index (κ3) is 8.55. The van der Waals surface area contributed by atoms with Crippen LogP contribution in [0.1, 0.15) is 19.3 Å². The van der Waals surface area contributed by atoms with E-state index >= 15 is 0 Å². The maximum Gasteiger partial charge on any atom is 0.0589 e. The van der Waals surface area contributed by atoms with Gasteiger partial charge in [0.2, 0.25) is 0 Å². The molecule has 1 saturated carbocycles. The minimum atomic E-state index is 0.815. The molecule has 0 unspecified atom stereocenters. The lowest BCUT2D eigenvalue weighted by Crippen LogP contribution is -2.36. The van der Waals surface area contributed by atoms with Crippen LogP contribution in [0.3, 0.4) is 0 Å².